The number of aromatic hydroxyl groups is 1. The minimum atomic E-state index is -1.15. The van der Waals surface area contributed by atoms with Crippen molar-refractivity contribution in [1.29, 1.82) is 0 Å². The van der Waals surface area contributed by atoms with E-state index >= 15 is 0 Å². The van der Waals surface area contributed by atoms with Crippen molar-refractivity contribution in [3.05, 3.63) is 69.6 Å². The number of benzene rings is 2. The van der Waals surface area contributed by atoms with Gasteiger partial charge in [0.25, 0.3) is 5.91 Å². The number of aromatic carboxylic acids is 1. The zero-order valence-corrected chi connectivity index (χ0v) is 16.9. The van der Waals surface area contributed by atoms with Gasteiger partial charge in [-0.1, -0.05) is 51.8 Å². The van der Waals surface area contributed by atoms with Crippen molar-refractivity contribution in [2.24, 2.45) is 0 Å². The number of carbonyl (C=O) groups excluding carboxylic acids is 1. The summed E-state index contributed by atoms with van der Waals surface area (Å²) >= 11 is 10.5. The van der Waals surface area contributed by atoms with Gasteiger partial charge in [0.15, 0.2) is 0 Å². The summed E-state index contributed by atoms with van der Waals surface area (Å²) in [5.74, 6) is -2.03. The highest BCUT2D eigenvalue weighted by Crippen LogP contribution is 2.37. The average Bonchev–Trinajstić information content (AvgIpc) is 3.07. The fraction of sp³-hybridized carbons (Fsp3) is 0.0526. The van der Waals surface area contributed by atoms with Crippen molar-refractivity contribution in [2.45, 2.75) is 5.33 Å². The molecule has 0 fully saturated rings. The predicted octanol–water partition coefficient (Wildman–Crippen LogP) is 5.62. The highest BCUT2D eigenvalue weighted by atomic mass is 79.9. The molecule has 0 atom stereocenters. The van der Waals surface area contributed by atoms with E-state index in [4.69, 9.17) is 11.6 Å². The summed E-state index contributed by atoms with van der Waals surface area (Å²) < 4.78 is 0. The summed E-state index contributed by atoms with van der Waals surface area (Å²) in [6.45, 7) is 0. The van der Waals surface area contributed by atoms with Crippen LogP contribution in [0, 0.1) is 0 Å². The number of phenolic OH excluding ortho intramolecular Hbond substituents is 1. The Hall–Kier alpha value is -2.35. The molecule has 0 bridgehead atoms. The first-order chi connectivity index (χ1) is 12.9. The van der Waals surface area contributed by atoms with E-state index in [1.807, 2.05) is 24.3 Å². The van der Waals surface area contributed by atoms with Crippen LogP contribution in [0.3, 0.4) is 0 Å². The molecular formula is C19H13BrClNO4S. The molecule has 138 valence electrons. The SMILES string of the molecule is O=C(Nc1csc(-c2ccc(CBr)cc2)c1C(=O)O)c1cc(Cl)ccc1O. The van der Waals surface area contributed by atoms with Gasteiger partial charge >= 0.3 is 5.97 Å². The van der Waals surface area contributed by atoms with Crippen LogP contribution in [0.4, 0.5) is 5.69 Å². The summed E-state index contributed by atoms with van der Waals surface area (Å²) in [4.78, 5) is 24.8. The number of anilines is 1. The van der Waals surface area contributed by atoms with E-state index in [0.717, 1.165) is 11.1 Å². The maximum Gasteiger partial charge on any atom is 0.339 e. The number of nitrogens with one attached hydrogen (secondary N) is 1. The molecule has 5 nitrogen and oxygen atoms in total. The van der Waals surface area contributed by atoms with E-state index in [9.17, 15) is 19.8 Å². The van der Waals surface area contributed by atoms with Crippen molar-refractivity contribution in [3.63, 3.8) is 0 Å². The summed E-state index contributed by atoms with van der Waals surface area (Å²) in [6, 6.07) is 11.6. The maximum atomic E-state index is 12.5. The largest absolute Gasteiger partial charge is 0.507 e. The lowest BCUT2D eigenvalue weighted by Gasteiger charge is -2.08. The predicted molar refractivity (Wildman–Crippen MR) is 110 cm³/mol. The van der Waals surface area contributed by atoms with Gasteiger partial charge in [-0.3, -0.25) is 4.79 Å². The molecule has 0 saturated carbocycles. The minimum Gasteiger partial charge on any atom is -0.507 e. The molecule has 3 rings (SSSR count). The number of hydrogen-bond donors (Lipinski definition) is 3. The molecule has 1 amide bonds. The Bertz CT molecular complexity index is 1020. The van der Waals surface area contributed by atoms with Gasteiger partial charge in [0.05, 0.1) is 16.1 Å². The van der Waals surface area contributed by atoms with Gasteiger partial charge < -0.3 is 15.5 Å². The molecule has 27 heavy (non-hydrogen) atoms. The molecule has 0 unspecified atom stereocenters. The van der Waals surface area contributed by atoms with Crippen LogP contribution >= 0.6 is 38.9 Å². The second-order valence-corrected chi connectivity index (χ2v) is 7.48. The number of amides is 1. The monoisotopic (exact) mass is 465 g/mol. The molecule has 0 radical (unpaired) electrons. The summed E-state index contributed by atoms with van der Waals surface area (Å²) in [6.07, 6.45) is 0. The molecule has 1 heterocycles. The van der Waals surface area contributed by atoms with Gasteiger partial charge in [0.2, 0.25) is 0 Å². The van der Waals surface area contributed by atoms with Crippen molar-refractivity contribution < 1.29 is 19.8 Å². The molecule has 0 aliphatic rings. The van der Waals surface area contributed by atoms with Gasteiger partial charge in [-0.05, 0) is 29.3 Å². The normalized spacial score (nSPS) is 10.6. The van der Waals surface area contributed by atoms with Crippen molar-refractivity contribution in [1.82, 2.24) is 0 Å². The van der Waals surface area contributed by atoms with Gasteiger partial charge in [-0.15, -0.1) is 11.3 Å². The van der Waals surface area contributed by atoms with Crippen LogP contribution in [0.2, 0.25) is 5.02 Å². The van der Waals surface area contributed by atoms with E-state index in [1.54, 1.807) is 5.38 Å². The number of phenols is 1. The van der Waals surface area contributed by atoms with E-state index in [1.165, 1.54) is 29.5 Å². The van der Waals surface area contributed by atoms with E-state index in [2.05, 4.69) is 21.2 Å². The number of hydrogen-bond acceptors (Lipinski definition) is 4. The molecule has 3 aromatic rings. The molecule has 3 N–H and O–H groups in total. The third kappa shape index (κ3) is 4.16. The molecule has 0 saturated heterocycles. The molecule has 0 aliphatic heterocycles. The smallest absolute Gasteiger partial charge is 0.339 e. The standard InChI is InChI=1S/C19H13BrClNO4S/c20-8-10-1-3-11(4-2-10)17-16(19(25)26)14(9-27-17)22-18(24)13-7-12(21)5-6-15(13)23/h1-7,9,23H,8H2,(H,22,24)(H,25,26). The Balaban J connectivity index is 1.96. The average molecular weight is 467 g/mol. The second-order valence-electron chi connectivity index (χ2n) is 5.60. The zero-order chi connectivity index (χ0) is 19.6. The van der Waals surface area contributed by atoms with Crippen LogP contribution in [0.1, 0.15) is 26.3 Å². The minimum absolute atomic E-state index is 0.00135. The number of carboxylic acid groups (broad SMARTS) is 1. The third-order valence-electron chi connectivity index (χ3n) is 3.83. The van der Waals surface area contributed by atoms with Crippen LogP contribution in [0.5, 0.6) is 5.75 Å². The number of rotatable bonds is 5. The van der Waals surface area contributed by atoms with Crippen LogP contribution < -0.4 is 5.32 Å². The summed E-state index contributed by atoms with van der Waals surface area (Å²) in [5.41, 5.74) is 1.94. The van der Waals surface area contributed by atoms with E-state index in [-0.39, 0.29) is 27.6 Å². The number of carboxylic acids is 1. The Morgan fingerprint density at radius 3 is 2.48 bits per heavy atom. The molecule has 8 heteroatoms. The molecule has 1 aromatic heterocycles. The number of carbonyl (C=O) groups is 2. The first kappa shape index (κ1) is 19.4. The Kier molecular flexibility index (Phi) is 5.84. The molecular weight excluding hydrogens is 454 g/mol. The van der Waals surface area contributed by atoms with Crippen LogP contribution in [-0.2, 0) is 5.33 Å². The Morgan fingerprint density at radius 1 is 1.15 bits per heavy atom. The quantitative estimate of drug-likeness (QED) is 0.426. The van der Waals surface area contributed by atoms with Crippen LogP contribution in [0.15, 0.2) is 47.8 Å². The summed E-state index contributed by atoms with van der Waals surface area (Å²) in [5, 5.41) is 24.6. The van der Waals surface area contributed by atoms with E-state index < -0.39 is 11.9 Å². The van der Waals surface area contributed by atoms with Crippen molar-refractivity contribution in [2.75, 3.05) is 5.32 Å². The Morgan fingerprint density at radius 2 is 1.85 bits per heavy atom. The third-order valence-corrected chi connectivity index (χ3v) is 5.74. The highest BCUT2D eigenvalue weighted by Gasteiger charge is 2.22. The zero-order valence-electron chi connectivity index (χ0n) is 13.7. The van der Waals surface area contributed by atoms with Crippen LogP contribution in [-0.4, -0.2) is 22.1 Å². The van der Waals surface area contributed by atoms with Crippen molar-refractivity contribution in [3.8, 4) is 16.2 Å². The highest BCUT2D eigenvalue weighted by molar-refractivity contribution is 9.08. The molecule has 2 aromatic carbocycles. The first-order valence-electron chi connectivity index (χ1n) is 7.70. The van der Waals surface area contributed by atoms with Gasteiger partial charge in [0.1, 0.15) is 11.3 Å². The lowest BCUT2D eigenvalue weighted by molar-refractivity contribution is 0.0699. The number of alkyl halides is 1. The number of halogens is 2. The molecule has 0 spiro atoms. The second kappa shape index (κ2) is 8.12. The lowest BCUT2D eigenvalue weighted by Crippen LogP contribution is -2.14. The first-order valence-corrected chi connectivity index (χ1v) is 10.1. The fourth-order valence-corrected chi connectivity index (χ4v) is 4.05. The fourth-order valence-electron chi connectivity index (χ4n) is 2.50. The van der Waals surface area contributed by atoms with Crippen LogP contribution in [0.25, 0.3) is 10.4 Å². The number of thiophene rings is 1. The van der Waals surface area contributed by atoms with E-state index in [0.29, 0.717) is 10.2 Å². The van der Waals surface area contributed by atoms with Gasteiger partial charge in [0, 0.05) is 15.7 Å². The topological polar surface area (TPSA) is 86.6 Å². The Labute approximate surface area is 172 Å². The maximum absolute atomic E-state index is 12.5. The lowest BCUT2D eigenvalue weighted by atomic mass is 10.1. The summed E-state index contributed by atoms with van der Waals surface area (Å²) in [7, 11) is 0. The van der Waals surface area contributed by atoms with Crippen molar-refractivity contribution >= 4 is 56.4 Å². The van der Waals surface area contributed by atoms with Gasteiger partial charge in [-0.25, -0.2) is 4.79 Å². The molecule has 0 aliphatic carbocycles. The van der Waals surface area contributed by atoms with Gasteiger partial charge in [-0.2, -0.15) is 0 Å².